The predicted molar refractivity (Wildman–Crippen MR) is 57.6 cm³/mol. The van der Waals surface area contributed by atoms with Crippen molar-refractivity contribution in [3.8, 4) is 0 Å². The summed E-state index contributed by atoms with van der Waals surface area (Å²) in [6.07, 6.45) is -0.608. The van der Waals surface area contributed by atoms with E-state index in [9.17, 15) is 19.2 Å². The summed E-state index contributed by atoms with van der Waals surface area (Å²) in [5, 5.41) is 2.18. The van der Waals surface area contributed by atoms with Gasteiger partial charge in [0.15, 0.2) is 6.29 Å². The zero-order valence-corrected chi connectivity index (χ0v) is 10.1. The van der Waals surface area contributed by atoms with Gasteiger partial charge >= 0.3 is 18.0 Å². The predicted octanol–water partition coefficient (Wildman–Crippen LogP) is -0.594. The van der Waals surface area contributed by atoms with Crippen molar-refractivity contribution in [2.75, 3.05) is 20.8 Å². The van der Waals surface area contributed by atoms with E-state index in [0.717, 1.165) is 7.11 Å². The molecule has 0 radical (unpaired) electrons. The molecular formula is C10H15NO7. The minimum atomic E-state index is -1.03. The van der Waals surface area contributed by atoms with Crippen LogP contribution in [0.2, 0.25) is 0 Å². The summed E-state index contributed by atoms with van der Waals surface area (Å²) in [4.78, 5) is 43.3. The van der Waals surface area contributed by atoms with E-state index in [4.69, 9.17) is 0 Å². The van der Waals surface area contributed by atoms with Crippen molar-refractivity contribution in [3.05, 3.63) is 0 Å². The lowest BCUT2D eigenvalue weighted by atomic mass is 10.1. The highest BCUT2D eigenvalue weighted by Gasteiger charge is 2.23. The second kappa shape index (κ2) is 8.97. The Hall–Kier alpha value is -2.12. The van der Waals surface area contributed by atoms with E-state index in [0.29, 0.717) is 6.29 Å². The number of rotatable bonds is 7. The van der Waals surface area contributed by atoms with Crippen LogP contribution in [-0.4, -0.2) is 51.2 Å². The van der Waals surface area contributed by atoms with Crippen LogP contribution in [0.15, 0.2) is 0 Å². The lowest BCUT2D eigenvalue weighted by Crippen LogP contribution is -2.42. The molecule has 0 saturated carbocycles. The van der Waals surface area contributed by atoms with Gasteiger partial charge in [-0.15, -0.1) is 0 Å². The first-order chi connectivity index (χ1) is 8.54. The van der Waals surface area contributed by atoms with Gasteiger partial charge in [0.05, 0.1) is 14.2 Å². The second-order valence-corrected chi connectivity index (χ2v) is 3.10. The number of hydrogen-bond acceptors (Lipinski definition) is 7. The van der Waals surface area contributed by atoms with E-state index in [-0.39, 0.29) is 12.8 Å². The van der Waals surface area contributed by atoms with Crippen LogP contribution in [0.1, 0.15) is 12.8 Å². The van der Waals surface area contributed by atoms with Gasteiger partial charge in [-0.1, -0.05) is 0 Å². The van der Waals surface area contributed by atoms with E-state index in [1.807, 2.05) is 0 Å². The van der Waals surface area contributed by atoms with Gasteiger partial charge in [0.25, 0.3) is 0 Å². The molecule has 0 fully saturated rings. The summed E-state index contributed by atoms with van der Waals surface area (Å²) < 4.78 is 13.3. The maximum absolute atomic E-state index is 11.3. The smallest absolute Gasteiger partial charge is 0.408 e. The van der Waals surface area contributed by atoms with Gasteiger partial charge in [-0.25, -0.2) is 9.59 Å². The fourth-order valence-electron chi connectivity index (χ4n) is 1.05. The number of carbonyl (C=O) groups excluding carboxylic acids is 4. The van der Waals surface area contributed by atoms with Gasteiger partial charge in [-0.2, -0.15) is 0 Å². The Balaban J connectivity index is 4.30. The van der Waals surface area contributed by atoms with Gasteiger partial charge in [0.2, 0.25) is 0 Å². The molecule has 18 heavy (non-hydrogen) atoms. The van der Waals surface area contributed by atoms with Crippen molar-refractivity contribution in [1.29, 1.82) is 0 Å². The minimum Gasteiger partial charge on any atom is -0.469 e. The van der Waals surface area contributed by atoms with E-state index in [1.54, 1.807) is 0 Å². The summed E-state index contributed by atoms with van der Waals surface area (Å²) in [6, 6.07) is -1.03. The molecule has 0 saturated heterocycles. The monoisotopic (exact) mass is 261 g/mol. The normalized spacial score (nSPS) is 11.0. The van der Waals surface area contributed by atoms with Crippen molar-refractivity contribution >= 4 is 24.3 Å². The number of alkyl carbamates (subject to hydrolysis) is 1. The average Bonchev–Trinajstić information content (AvgIpc) is 2.39. The number of carbonyl (C=O) groups is 4. The van der Waals surface area contributed by atoms with Crippen LogP contribution in [0.4, 0.5) is 4.79 Å². The summed E-state index contributed by atoms with van der Waals surface area (Å²) in [5.74, 6) is -1.24. The first kappa shape index (κ1) is 15.9. The third-order valence-corrected chi connectivity index (χ3v) is 1.93. The number of hydrogen-bond donors (Lipinski definition) is 1. The molecule has 0 aromatic rings. The van der Waals surface area contributed by atoms with Crippen LogP contribution in [-0.2, 0) is 28.6 Å². The Kier molecular flexibility index (Phi) is 7.91. The number of aldehydes is 1. The van der Waals surface area contributed by atoms with Gasteiger partial charge in [-0.3, -0.25) is 9.59 Å². The van der Waals surface area contributed by atoms with Crippen LogP contribution in [0.5, 0.6) is 0 Å². The SMILES string of the molecule is COC(=O)CCC(NC(=O)OCC=O)C(=O)OC. The van der Waals surface area contributed by atoms with Crippen LogP contribution in [0, 0.1) is 0 Å². The quantitative estimate of drug-likeness (QED) is 0.370. The maximum Gasteiger partial charge on any atom is 0.408 e. The largest absolute Gasteiger partial charge is 0.469 e. The van der Waals surface area contributed by atoms with Crippen molar-refractivity contribution in [1.82, 2.24) is 5.32 Å². The summed E-state index contributed by atoms with van der Waals surface area (Å²) in [5.41, 5.74) is 0. The lowest BCUT2D eigenvalue weighted by molar-refractivity contribution is -0.144. The van der Waals surface area contributed by atoms with Crippen molar-refractivity contribution < 1.29 is 33.4 Å². The molecule has 8 nitrogen and oxygen atoms in total. The molecule has 0 aromatic heterocycles. The Morgan fingerprint density at radius 1 is 1.22 bits per heavy atom. The van der Waals surface area contributed by atoms with Gasteiger partial charge in [-0.05, 0) is 6.42 Å². The van der Waals surface area contributed by atoms with Crippen LogP contribution >= 0.6 is 0 Å². The molecule has 0 aliphatic heterocycles. The molecule has 0 bridgehead atoms. The van der Waals surface area contributed by atoms with Crippen LogP contribution < -0.4 is 5.32 Å². The first-order valence-corrected chi connectivity index (χ1v) is 5.06. The number of nitrogens with one attached hydrogen (secondary N) is 1. The number of methoxy groups -OCH3 is 2. The highest BCUT2D eigenvalue weighted by Crippen LogP contribution is 2.01. The molecule has 0 spiro atoms. The first-order valence-electron chi connectivity index (χ1n) is 5.06. The molecule has 0 aliphatic rings. The molecule has 1 unspecified atom stereocenters. The van der Waals surface area contributed by atoms with Gasteiger partial charge in [0.1, 0.15) is 12.6 Å². The summed E-state index contributed by atoms with van der Waals surface area (Å²) in [7, 11) is 2.35. The molecule has 1 N–H and O–H groups in total. The fourth-order valence-corrected chi connectivity index (χ4v) is 1.05. The number of esters is 2. The third-order valence-electron chi connectivity index (χ3n) is 1.93. The molecule has 8 heteroatoms. The Morgan fingerprint density at radius 3 is 2.39 bits per heavy atom. The highest BCUT2D eigenvalue weighted by molar-refractivity contribution is 5.82. The second-order valence-electron chi connectivity index (χ2n) is 3.10. The minimum absolute atomic E-state index is 0.00946. The summed E-state index contributed by atoms with van der Waals surface area (Å²) in [6.45, 7) is -0.420. The zero-order valence-electron chi connectivity index (χ0n) is 10.1. The number of amides is 1. The molecule has 0 aliphatic carbocycles. The third kappa shape index (κ3) is 6.46. The van der Waals surface area contributed by atoms with Gasteiger partial charge < -0.3 is 19.5 Å². The molecular weight excluding hydrogens is 246 g/mol. The topological polar surface area (TPSA) is 108 Å². The van der Waals surface area contributed by atoms with E-state index >= 15 is 0 Å². The van der Waals surface area contributed by atoms with Crippen LogP contribution in [0.3, 0.4) is 0 Å². The lowest BCUT2D eigenvalue weighted by Gasteiger charge is -2.15. The molecule has 1 amide bonds. The molecule has 0 aromatic carbocycles. The maximum atomic E-state index is 11.3. The Labute approximate surface area is 104 Å². The standard InChI is InChI=1S/C10H15NO7/c1-16-8(13)4-3-7(9(14)17-2)11-10(15)18-6-5-12/h5,7H,3-4,6H2,1-2H3,(H,11,15). The Bertz CT molecular complexity index is 315. The summed E-state index contributed by atoms with van der Waals surface area (Å²) >= 11 is 0. The van der Waals surface area contributed by atoms with E-state index in [1.165, 1.54) is 7.11 Å². The number of ether oxygens (including phenoxy) is 3. The van der Waals surface area contributed by atoms with Gasteiger partial charge in [0, 0.05) is 6.42 Å². The average molecular weight is 261 g/mol. The molecule has 102 valence electrons. The van der Waals surface area contributed by atoms with E-state index in [2.05, 4.69) is 19.5 Å². The molecule has 0 rings (SSSR count). The van der Waals surface area contributed by atoms with E-state index < -0.39 is 30.7 Å². The molecule has 1 atom stereocenters. The van der Waals surface area contributed by atoms with Crippen molar-refractivity contribution in [2.45, 2.75) is 18.9 Å². The highest BCUT2D eigenvalue weighted by atomic mass is 16.6. The zero-order chi connectivity index (χ0) is 14.0. The van der Waals surface area contributed by atoms with Crippen molar-refractivity contribution in [3.63, 3.8) is 0 Å². The Morgan fingerprint density at radius 2 is 1.89 bits per heavy atom. The van der Waals surface area contributed by atoms with Crippen LogP contribution in [0.25, 0.3) is 0 Å². The fraction of sp³-hybridized carbons (Fsp3) is 0.600. The van der Waals surface area contributed by atoms with Crippen molar-refractivity contribution in [2.24, 2.45) is 0 Å². The molecule has 0 heterocycles.